The SMILES string of the molecule is C[C@@H]1C[C@H](Nc2ccc3nnc(C4CC4)n3n2)C(=O)N1c1ccccc1. The van der Waals surface area contributed by atoms with Crippen LogP contribution in [-0.4, -0.2) is 37.8 Å². The Balaban J connectivity index is 1.40. The molecule has 2 atom stereocenters. The Hall–Kier alpha value is -2.96. The van der Waals surface area contributed by atoms with E-state index in [9.17, 15) is 4.79 Å². The predicted molar refractivity (Wildman–Crippen MR) is 98.2 cm³/mol. The quantitative estimate of drug-likeness (QED) is 0.784. The van der Waals surface area contributed by atoms with E-state index in [0.717, 1.165) is 36.4 Å². The minimum Gasteiger partial charge on any atom is -0.357 e. The fraction of sp³-hybridized carbons (Fsp3) is 0.368. The second kappa shape index (κ2) is 5.79. The van der Waals surface area contributed by atoms with Gasteiger partial charge in [-0.1, -0.05) is 18.2 Å². The summed E-state index contributed by atoms with van der Waals surface area (Å²) < 4.78 is 1.80. The maximum atomic E-state index is 12.9. The van der Waals surface area contributed by atoms with Crippen LogP contribution in [0.2, 0.25) is 0 Å². The number of anilines is 2. The second-order valence-electron chi connectivity index (χ2n) is 7.15. The first-order chi connectivity index (χ1) is 12.7. The first-order valence-corrected chi connectivity index (χ1v) is 9.08. The van der Waals surface area contributed by atoms with E-state index in [2.05, 4.69) is 27.5 Å². The van der Waals surface area contributed by atoms with Crippen molar-refractivity contribution in [3.05, 3.63) is 48.3 Å². The van der Waals surface area contributed by atoms with Crippen molar-refractivity contribution in [1.82, 2.24) is 19.8 Å². The Labute approximate surface area is 151 Å². The zero-order valence-electron chi connectivity index (χ0n) is 14.5. The maximum absolute atomic E-state index is 12.9. The number of benzene rings is 1. The third-order valence-electron chi connectivity index (χ3n) is 5.14. The van der Waals surface area contributed by atoms with Crippen LogP contribution < -0.4 is 10.2 Å². The molecule has 0 spiro atoms. The molecule has 1 aliphatic heterocycles. The molecule has 1 aliphatic carbocycles. The lowest BCUT2D eigenvalue weighted by Gasteiger charge is -2.21. The number of carbonyl (C=O) groups is 1. The van der Waals surface area contributed by atoms with E-state index in [4.69, 9.17) is 0 Å². The largest absolute Gasteiger partial charge is 0.357 e. The van der Waals surface area contributed by atoms with Gasteiger partial charge in [-0.15, -0.1) is 15.3 Å². The number of nitrogens with zero attached hydrogens (tertiary/aromatic N) is 5. The van der Waals surface area contributed by atoms with Crippen LogP contribution in [0.15, 0.2) is 42.5 Å². The molecule has 2 aromatic heterocycles. The fourth-order valence-corrected chi connectivity index (χ4v) is 3.68. The maximum Gasteiger partial charge on any atom is 0.249 e. The molecular weight excluding hydrogens is 328 g/mol. The minimum atomic E-state index is -0.281. The topological polar surface area (TPSA) is 75.4 Å². The van der Waals surface area contributed by atoms with Gasteiger partial charge in [0.2, 0.25) is 5.91 Å². The van der Waals surface area contributed by atoms with Gasteiger partial charge in [-0.3, -0.25) is 4.79 Å². The molecule has 0 radical (unpaired) electrons. The lowest BCUT2D eigenvalue weighted by atomic mass is 10.2. The van der Waals surface area contributed by atoms with Gasteiger partial charge in [0.25, 0.3) is 0 Å². The van der Waals surface area contributed by atoms with E-state index in [1.807, 2.05) is 47.4 Å². The highest BCUT2D eigenvalue weighted by molar-refractivity contribution is 6.01. The molecule has 3 heterocycles. The first kappa shape index (κ1) is 15.3. The van der Waals surface area contributed by atoms with E-state index < -0.39 is 0 Å². The molecule has 7 heteroatoms. The Kier molecular flexibility index (Phi) is 3.41. The lowest BCUT2D eigenvalue weighted by Crippen LogP contribution is -2.35. The number of para-hydroxylation sites is 1. The van der Waals surface area contributed by atoms with E-state index in [1.54, 1.807) is 4.52 Å². The van der Waals surface area contributed by atoms with Crippen LogP contribution in [-0.2, 0) is 4.79 Å². The molecule has 7 nitrogen and oxygen atoms in total. The summed E-state index contributed by atoms with van der Waals surface area (Å²) >= 11 is 0. The molecule has 2 fully saturated rings. The van der Waals surface area contributed by atoms with Crippen LogP contribution in [0, 0.1) is 0 Å². The van der Waals surface area contributed by atoms with E-state index >= 15 is 0 Å². The van der Waals surface area contributed by atoms with Gasteiger partial charge in [-0.25, -0.2) is 0 Å². The normalized spacial score (nSPS) is 23.0. The molecule has 0 bridgehead atoms. The zero-order chi connectivity index (χ0) is 17.7. The summed E-state index contributed by atoms with van der Waals surface area (Å²) in [5.74, 6) is 2.14. The summed E-state index contributed by atoms with van der Waals surface area (Å²) in [6.07, 6.45) is 3.03. The van der Waals surface area contributed by atoms with E-state index in [0.29, 0.717) is 11.7 Å². The van der Waals surface area contributed by atoms with Crippen LogP contribution in [0.5, 0.6) is 0 Å². The van der Waals surface area contributed by atoms with Crippen LogP contribution in [0.3, 0.4) is 0 Å². The number of hydrogen-bond acceptors (Lipinski definition) is 5. The van der Waals surface area contributed by atoms with Crippen molar-refractivity contribution >= 4 is 23.1 Å². The Morgan fingerprint density at radius 1 is 1.08 bits per heavy atom. The highest BCUT2D eigenvalue weighted by Gasteiger charge is 2.38. The van der Waals surface area contributed by atoms with Crippen molar-refractivity contribution in [1.29, 1.82) is 0 Å². The molecule has 26 heavy (non-hydrogen) atoms. The van der Waals surface area contributed by atoms with Gasteiger partial charge in [0.15, 0.2) is 11.5 Å². The second-order valence-corrected chi connectivity index (χ2v) is 7.15. The summed E-state index contributed by atoms with van der Waals surface area (Å²) in [5, 5.41) is 16.4. The highest BCUT2D eigenvalue weighted by Crippen LogP contribution is 2.38. The molecule has 1 saturated carbocycles. The Morgan fingerprint density at radius 3 is 2.65 bits per heavy atom. The highest BCUT2D eigenvalue weighted by atomic mass is 16.2. The molecule has 2 aliphatic rings. The molecule has 1 N–H and O–H groups in total. The van der Waals surface area contributed by atoms with E-state index in [-0.39, 0.29) is 18.0 Å². The third-order valence-corrected chi connectivity index (χ3v) is 5.14. The van der Waals surface area contributed by atoms with Crippen molar-refractivity contribution in [3.63, 3.8) is 0 Å². The Bertz CT molecular complexity index is 965. The minimum absolute atomic E-state index is 0.0803. The standard InChI is InChI=1S/C19H20N6O/c1-12-11-15(19(26)24(12)14-5-3-2-4-6-14)20-16-9-10-17-21-22-18(13-7-8-13)25(17)23-16/h2-6,9-10,12-13,15H,7-8,11H2,1H3,(H,20,23)/t12-,15+/m1/s1. The lowest BCUT2D eigenvalue weighted by molar-refractivity contribution is -0.117. The number of rotatable bonds is 4. The summed E-state index contributed by atoms with van der Waals surface area (Å²) in [7, 11) is 0. The molecule has 0 unspecified atom stereocenters. The number of carbonyl (C=O) groups excluding carboxylic acids is 1. The first-order valence-electron chi connectivity index (χ1n) is 9.08. The fourth-order valence-electron chi connectivity index (χ4n) is 3.68. The van der Waals surface area contributed by atoms with Crippen molar-refractivity contribution in [2.24, 2.45) is 0 Å². The average Bonchev–Trinajstić information content (AvgIpc) is 3.35. The van der Waals surface area contributed by atoms with Crippen LogP contribution >= 0.6 is 0 Å². The molecule has 1 amide bonds. The number of amides is 1. The van der Waals surface area contributed by atoms with Gasteiger partial charge < -0.3 is 10.2 Å². The molecule has 1 aromatic carbocycles. The van der Waals surface area contributed by atoms with Gasteiger partial charge in [0.05, 0.1) is 0 Å². The molecule has 5 rings (SSSR count). The average molecular weight is 348 g/mol. The van der Waals surface area contributed by atoms with Crippen molar-refractivity contribution in [2.45, 2.75) is 44.2 Å². The van der Waals surface area contributed by atoms with Gasteiger partial charge in [0, 0.05) is 17.6 Å². The van der Waals surface area contributed by atoms with Gasteiger partial charge >= 0.3 is 0 Å². The number of aromatic nitrogens is 4. The van der Waals surface area contributed by atoms with Crippen molar-refractivity contribution in [2.75, 3.05) is 10.2 Å². The van der Waals surface area contributed by atoms with E-state index in [1.165, 1.54) is 0 Å². The summed E-state index contributed by atoms with van der Waals surface area (Å²) in [6.45, 7) is 2.08. The Morgan fingerprint density at radius 2 is 1.88 bits per heavy atom. The smallest absolute Gasteiger partial charge is 0.249 e. The van der Waals surface area contributed by atoms with Gasteiger partial charge in [-0.2, -0.15) is 4.52 Å². The van der Waals surface area contributed by atoms with Crippen LogP contribution in [0.25, 0.3) is 5.65 Å². The van der Waals surface area contributed by atoms with Crippen molar-refractivity contribution in [3.8, 4) is 0 Å². The van der Waals surface area contributed by atoms with Gasteiger partial charge in [0.1, 0.15) is 11.9 Å². The summed E-state index contributed by atoms with van der Waals surface area (Å²) in [5.41, 5.74) is 1.68. The van der Waals surface area contributed by atoms with Crippen molar-refractivity contribution < 1.29 is 4.79 Å². The molecule has 3 aromatic rings. The number of fused-ring (bicyclic) bond motifs is 1. The molecule has 132 valence electrons. The predicted octanol–water partition coefficient (Wildman–Crippen LogP) is 2.61. The number of hydrogen-bond donors (Lipinski definition) is 1. The van der Waals surface area contributed by atoms with Gasteiger partial charge in [-0.05, 0) is 50.5 Å². The zero-order valence-corrected chi connectivity index (χ0v) is 14.5. The monoisotopic (exact) mass is 348 g/mol. The molecule has 1 saturated heterocycles. The summed E-state index contributed by atoms with van der Waals surface area (Å²) in [6, 6.07) is 13.4. The van der Waals surface area contributed by atoms with Crippen LogP contribution in [0.1, 0.15) is 37.9 Å². The molecular formula is C19H20N6O. The van der Waals surface area contributed by atoms with Crippen LogP contribution in [0.4, 0.5) is 11.5 Å². The third kappa shape index (κ3) is 2.51. The summed E-state index contributed by atoms with van der Waals surface area (Å²) in [4.78, 5) is 14.8. The number of nitrogens with one attached hydrogen (secondary N) is 1.